The zero-order valence-corrected chi connectivity index (χ0v) is 4.68. The van der Waals surface area contributed by atoms with Crippen molar-refractivity contribution >= 4 is 21.7 Å². The largest absolute Gasteiger partial charge is 0.361 e. The van der Waals surface area contributed by atoms with Gasteiger partial charge in [0.05, 0.1) is 5.51 Å². The fourth-order valence-electron chi connectivity index (χ4n) is 0.522. The molecule has 2 aromatic heterocycles. The van der Waals surface area contributed by atoms with Gasteiger partial charge in [0.25, 0.3) is 0 Å². The van der Waals surface area contributed by atoms with E-state index in [4.69, 9.17) is 0 Å². The molecule has 0 saturated carbocycles. The van der Waals surface area contributed by atoms with E-state index in [1.807, 2.05) is 0 Å². The summed E-state index contributed by atoms with van der Waals surface area (Å²) in [5, 5.41) is 3.66. The van der Waals surface area contributed by atoms with E-state index in [2.05, 4.69) is 14.7 Å². The van der Waals surface area contributed by atoms with Crippen molar-refractivity contribution in [3.05, 3.63) is 11.8 Å². The molecule has 0 aliphatic rings. The molecule has 0 saturated heterocycles. The second kappa shape index (κ2) is 1.29. The van der Waals surface area contributed by atoms with Crippen molar-refractivity contribution in [3.63, 3.8) is 0 Å². The monoisotopic (exact) mass is 126 g/mol. The van der Waals surface area contributed by atoms with Crippen LogP contribution in [0.3, 0.4) is 0 Å². The van der Waals surface area contributed by atoms with Gasteiger partial charge in [-0.25, -0.2) is 4.98 Å². The Kier molecular flexibility index (Phi) is 0.648. The van der Waals surface area contributed by atoms with Crippen molar-refractivity contribution in [2.24, 2.45) is 0 Å². The fraction of sp³-hybridized carbons (Fsp3) is 0. The summed E-state index contributed by atoms with van der Waals surface area (Å²) >= 11 is 1.48. The topological polar surface area (TPSA) is 38.9 Å². The average Bonchev–Trinajstić information content (AvgIpc) is 2.15. The SMILES string of the molecule is c1nc2conc2s1. The molecule has 2 rings (SSSR count). The first kappa shape index (κ1) is 4.03. The van der Waals surface area contributed by atoms with E-state index in [1.54, 1.807) is 5.51 Å². The van der Waals surface area contributed by atoms with Gasteiger partial charge in [0.2, 0.25) is 0 Å². The van der Waals surface area contributed by atoms with Gasteiger partial charge in [-0.15, -0.1) is 0 Å². The van der Waals surface area contributed by atoms with Crippen LogP contribution in [0.25, 0.3) is 10.3 Å². The molecule has 0 N–H and O–H groups in total. The van der Waals surface area contributed by atoms with Crippen molar-refractivity contribution in [1.29, 1.82) is 0 Å². The van der Waals surface area contributed by atoms with Crippen LogP contribution in [0.2, 0.25) is 0 Å². The first-order valence-electron chi connectivity index (χ1n) is 2.10. The van der Waals surface area contributed by atoms with Crippen LogP contribution in [0.5, 0.6) is 0 Å². The average molecular weight is 126 g/mol. The molecule has 0 aliphatic heterocycles. The molecular weight excluding hydrogens is 124 g/mol. The minimum atomic E-state index is 0.843. The third-order valence-electron chi connectivity index (χ3n) is 0.875. The Labute approximate surface area is 48.9 Å². The number of nitrogens with zero attached hydrogens (tertiary/aromatic N) is 2. The highest BCUT2D eigenvalue weighted by molar-refractivity contribution is 7.16. The highest BCUT2D eigenvalue weighted by Crippen LogP contribution is 2.13. The summed E-state index contributed by atoms with van der Waals surface area (Å²) < 4.78 is 4.60. The Morgan fingerprint density at radius 1 is 1.62 bits per heavy atom. The van der Waals surface area contributed by atoms with Crippen molar-refractivity contribution < 1.29 is 4.52 Å². The van der Waals surface area contributed by atoms with Gasteiger partial charge in [0.1, 0.15) is 5.52 Å². The second-order valence-electron chi connectivity index (χ2n) is 1.36. The zero-order chi connectivity index (χ0) is 5.40. The summed E-state index contributed by atoms with van der Waals surface area (Å²) in [6.45, 7) is 0. The van der Waals surface area contributed by atoms with Crippen molar-refractivity contribution in [2.45, 2.75) is 0 Å². The summed E-state index contributed by atoms with van der Waals surface area (Å²) in [4.78, 5) is 4.81. The molecule has 0 aromatic carbocycles. The molecule has 2 aromatic rings. The standard InChI is InChI=1S/C4H2N2OS/c1-3-4(6-7-1)8-2-5-3/h1-2H. The number of hydrogen-bond acceptors (Lipinski definition) is 4. The molecular formula is C4H2N2OS. The lowest BCUT2D eigenvalue weighted by molar-refractivity contribution is 0.429. The van der Waals surface area contributed by atoms with E-state index < -0.39 is 0 Å². The molecule has 0 amide bonds. The maximum absolute atomic E-state index is 4.60. The quantitative estimate of drug-likeness (QED) is 0.533. The number of thiazole rings is 1. The van der Waals surface area contributed by atoms with E-state index >= 15 is 0 Å². The Morgan fingerprint density at radius 2 is 2.62 bits per heavy atom. The summed E-state index contributed by atoms with van der Waals surface area (Å²) in [6.07, 6.45) is 1.53. The molecule has 0 aliphatic carbocycles. The molecule has 0 bridgehead atoms. The van der Waals surface area contributed by atoms with Crippen LogP contribution in [-0.2, 0) is 0 Å². The molecule has 40 valence electrons. The molecule has 2 heterocycles. The van der Waals surface area contributed by atoms with Crippen LogP contribution < -0.4 is 0 Å². The van der Waals surface area contributed by atoms with Crippen LogP contribution in [0, 0.1) is 0 Å². The molecule has 0 unspecified atom stereocenters. The Hall–Kier alpha value is -0.900. The van der Waals surface area contributed by atoms with Crippen molar-refractivity contribution in [3.8, 4) is 0 Å². The van der Waals surface area contributed by atoms with Gasteiger partial charge in [-0.3, -0.25) is 0 Å². The number of fused-ring (bicyclic) bond motifs is 1. The van der Waals surface area contributed by atoms with Crippen LogP contribution >= 0.6 is 11.3 Å². The molecule has 4 heteroatoms. The molecule has 8 heavy (non-hydrogen) atoms. The van der Waals surface area contributed by atoms with Gasteiger partial charge < -0.3 is 4.52 Å². The highest BCUT2D eigenvalue weighted by atomic mass is 32.1. The van der Waals surface area contributed by atoms with E-state index in [0.717, 1.165) is 10.3 Å². The van der Waals surface area contributed by atoms with Gasteiger partial charge in [0, 0.05) is 0 Å². The normalized spacial score (nSPS) is 10.5. The summed E-state index contributed by atoms with van der Waals surface area (Å²) in [7, 11) is 0. The third-order valence-corrected chi connectivity index (χ3v) is 1.59. The smallest absolute Gasteiger partial charge is 0.186 e. The molecule has 0 radical (unpaired) electrons. The lowest BCUT2D eigenvalue weighted by atomic mass is 10.7. The van der Waals surface area contributed by atoms with E-state index in [1.165, 1.54) is 17.6 Å². The van der Waals surface area contributed by atoms with E-state index in [9.17, 15) is 0 Å². The fourth-order valence-corrected chi connectivity index (χ4v) is 1.10. The Bertz CT molecular complexity index is 235. The third kappa shape index (κ3) is 0.376. The Balaban J connectivity index is 3.06. The number of hydrogen-bond donors (Lipinski definition) is 0. The first-order chi connectivity index (χ1) is 3.97. The lowest BCUT2D eigenvalue weighted by Gasteiger charge is -1.56. The van der Waals surface area contributed by atoms with E-state index in [0.29, 0.717) is 0 Å². The molecule has 0 atom stereocenters. The van der Waals surface area contributed by atoms with Gasteiger partial charge >= 0.3 is 0 Å². The van der Waals surface area contributed by atoms with Crippen molar-refractivity contribution in [1.82, 2.24) is 10.1 Å². The highest BCUT2D eigenvalue weighted by Gasteiger charge is 1.96. The van der Waals surface area contributed by atoms with Crippen molar-refractivity contribution in [2.75, 3.05) is 0 Å². The van der Waals surface area contributed by atoms with Gasteiger partial charge in [-0.05, 0) is 0 Å². The number of aromatic nitrogens is 2. The predicted octanol–water partition coefficient (Wildman–Crippen LogP) is 1.28. The minimum absolute atomic E-state index is 0.843. The van der Waals surface area contributed by atoms with Crippen LogP contribution in [0.4, 0.5) is 0 Å². The van der Waals surface area contributed by atoms with Crippen LogP contribution in [0.15, 0.2) is 16.3 Å². The van der Waals surface area contributed by atoms with E-state index in [-0.39, 0.29) is 0 Å². The minimum Gasteiger partial charge on any atom is -0.361 e. The molecule has 3 nitrogen and oxygen atoms in total. The first-order valence-corrected chi connectivity index (χ1v) is 2.98. The second-order valence-corrected chi connectivity index (χ2v) is 2.19. The lowest BCUT2D eigenvalue weighted by Crippen LogP contribution is -1.51. The predicted molar refractivity (Wildman–Crippen MR) is 29.7 cm³/mol. The number of rotatable bonds is 0. The maximum atomic E-state index is 4.60. The van der Waals surface area contributed by atoms with Gasteiger partial charge in [-0.1, -0.05) is 16.5 Å². The summed E-state index contributed by atoms with van der Waals surface area (Å²) in [5.41, 5.74) is 2.59. The summed E-state index contributed by atoms with van der Waals surface area (Å²) in [5.74, 6) is 0. The van der Waals surface area contributed by atoms with Gasteiger partial charge in [0.15, 0.2) is 11.1 Å². The summed E-state index contributed by atoms with van der Waals surface area (Å²) in [6, 6.07) is 0. The molecule has 0 spiro atoms. The van der Waals surface area contributed by atoms with Gasteiger partial charge in [-0.2, -0.15) is 0 Å². The van der Waals surface area contributed by atoms with Crippen LogP contribution in [-0.4, -0.2) is 10.1 Å². The van der Waals surface area contributed by atoms with Crippen LogP contribution in [0.1, 0.15) is 0 Å². The zero-order valence-electron chi connectivity index (χ0n) is 3.87. The Morgan fingerprint density at radius 3 is 3.50 bits per heavy atom. The molecule has 0 fully saturated rings. The maximum Gasteiger partial charge on any atom is 0.186 e.